The second kappa shape index (κ2) is 9.61. The number of para-hydroxylation sites is 1. The molecule has 156 valence electrons. The molecule has 0 saturated carbocycles. The van der Waals surface area contributed by atoms with E-state index in [0.717, 1.165) is 33.3 Å². The van der Waals surface area contributed by atoms with Crippen molar-refractivity contribution in [2.24, 2.45) is 0 Å². The maximum Gasteiger partial charge on any atom is 0.305 e. The fraction of sp³-hybridized carbons (Fsp3) is 0.250. The van der Waals surface area contributed by atoms with Crippen LogP contribution in [-0.4, -0.2) is 38.5 Å². The lowest BCUT2D eigenvalue weighted by molar-refractivity contribution is -0.139. The third kappa shape index (κ3) is 5.09. The van der Waals surface area contributed by atoms with Gasteiger partial charge in [0.2, 0.25) is 0 Å². The maximum absolute atomic E-state index is 13.5. The zero-order valence-electron chi connectivity index (χ0n) is 16.6. The molecule has 0 spiro atoms. The number of carboxylic acid groups (broad SMARTS) is 1. The van der Waals surface area contributed by atoms with Crippen LogP contribution in [-0.2, 0) is 11.2 Å². The number of hydrogen-bond donors (Lipinski definition) is 3. The van der Waals surface area contributed by atoms with Crippen LogP contribution < -0.4 is 0 Å². The Bertz CT molecular complexity index is 1060. The summed E-state index contributed by atoms with van der Waals surface area (Å²) in [6.45, 7) is 1.98. The number of aliphatic hydroxyl groups excluding tert-OH is 2. The van der Waals surface area contributed by atoms with E-state index in [1.807, 2.05) is 31.2 Å². The Labute approximate surface area is 174 Å². The lowest BCUT2D eigenvalue weighted by atomic mass is 9.92. The average molecular weight is 409 g/mol. The third-order valence-corrected chi connectivity index (χ3v) is 4.89. The summed E-state index contributed by atoms with van der Waals surface area (Å²) in [4.78, 5) is 15.5. The van der Waals surface area contributed by atoms with Gasteiger partial charge in [-0.1, -0.05) is 49.4 Å². The van der Waals surface area contributed by atoms with Crippen LogP contribution in [0, 0.1) is 5.82 Å². The van der Waals surface area contributed by atoms with Crippen molar-refractivity contribution in [2.75, 3.05) is 0 Å². The van der Waals surface area contributed by atoms with Crippen molar-refractivity contribution in [3.8, 4) is 11.1 Å². The van der Waals surface area contributed by atoms with Crippen LogP contribution in [0.3, 0.4) is 0 Å². The topological polar surface area (TPSA) is 90.7 Å². The number of pyridine rings is 1. The fourth-order valence-electron chi connectivity index (χ4n) is 3.50. The Morgan fingerprint density at radius 1 is 1.13 bits per heavy atom. The monoisotopic (exact) mass is 409 g/mol. The van der Waals surface area contributed by atoms with Gasteiger partial charge in [0.25, 0.3) is 0 Å². The van der Waals surface area contributed by atoms with Crippen LogP contribution in [0.2, 0.25) is 0 Å². The number of rotatable bonds is 8. The van der Waals surface area contributed by atoms with E-state index >= 15 is 0 Å². The summed E-state index contributed by atoms with van der Waals surface area (Å²) in [5, 5.41) is 29.7. The van der Waals surface area contributed by atoms with E-state index in [4.69, 9.17) is 10.1 Å². The summed E-state index contributed by atoms with van der Waals surface area (Å²) in [6, 6.07) is 13.9. The molecule has 0 amide bonds. The number of aliphatic carboxylic acids is 1. The highest BCUT2D eigenvalue weighted by atomic mass is 19.1. The number of benzene rings is 2. The number of carbonyl (C=O) groups is 1. The van der Waals surface area contributed by atoms with Crippen molar-refractivity contribution in [3.63, 3.8) is 0 Å². The first-order valence-corrected chi connectivity index (χ1v) is 9.82. The minimum atomic E-state index is -1.14. The quantitative estimate of drug-likeness (QED) is 0.519. The molecule has 0 bridgehead atoms. The molecule has 0 aliphatic carbocycles. The van der Waals surface area contributed by atoms with Gasteiger partial charge in [-0.15, -0.1) is 0 Å². The Hall–Kier alpha value is -3.09. The number of fused-ring (bicyclic) bond motifs is 1. The summed E-state index contributed by atoms with van der Waals surface area (Å²) in [6.07, 6.45) is 1.26. The molecule has 0 fully saturated rings. The molecule has 1 aromatic heterocycles. The van der Waals surface area contributed by atoms with Gasteiger partial charge in [0.05, 0.1) is 24.1 Å². The first kappa shape index (κ1) is 21.6. The van der Waals surface area contributed by atoms with Gasteiger partial charge in [-0.25, -0.2) is 4.39 Å². The SMILES string of the molecule is CCc1nc2ccccc2c(-c2ccc(F)cc2)c1/C=C/C(O)CC(O)CC(=O)O. The predicted octanol–water partition coefficient (Wildman–Crippen LogP) is 4.20. The molecule has 0 saturated heterocycles. The van der Waals surface area contributed by atoms with Crippen molar-refractivity contribution >= 4 is 22.9 Å². The molecule has 6 heteroatoms. The van der Waals surface area contributed by atoms with E-state index in [9.17, 15) is 19.4 Å². The highest BCUT2D eigenvalue weighted by Gasteiger charge is 2.16. The summed E-state index contributed by atoms with van der Waals surface area (Å²) in [5.41, 5.74) is 4.15. The summed E-state index contributed by atoms with van der Waals surface area (Å²) in [7, 11) is 0. The number of hydrogen-bond acceptors (Lipinski definition) is 4. The number of halogens is 1. The first-order valence-electron chi connectivity index (χ1n) is 9.82. The summed E-state index contributed by atoms with van der Waals surface area (Å²) < 4.78 is 13.5. The summed E-state index contributed by atoms with van der Waals surface area (Å²) >= 11 is 0. The van der Waals surface area contributed by atoms with Crippen molar-refractivity contribution in [2.45, 2.75) is 38.4 Å². The van der Waals surface area contributed by atoms with Crippen molar-refractivity contribution < 1.29 is 24.5 Å². The molecule has 2 aromatic carbocycles. The Balaban J connectivity index is 2.07. The highest BCUT2D eigenvalue weighted by molar-refractivity contribution is 5.99. The molecule has 3 N–H and O–H groups in total. The first-order chi connectivity index (χ1) is 14.4. The summed E-state index contributed by atoms with van der Waals surface area (Å²) in [5.74, 6) is -1.45. The molecule has 5 nitrogen and oxygen atoms in total. The standard InChI is InChI=1S/C24H24FNO4/c1-2-21-20(12-11-17(27)13-18(28)14-23(29)30)24(15-7-9-16(25)10-8-15)19-5-3-4-6-22(19)26-21/h3-12,17-18,27-28H,2,13-14H2,1H3,(H,29,30)/b12-11+. The number of nitrogens with zero attached hydrogens (tertiary/aromatic N) is 1. The smallest absolute Gasteiger partial charge is 0.305 e. The van der Waals surface area contributed by atoms with Crippen LogP contribution in [0.1, 0.15) is 31.0 Å². The van der Waals surface area contributed by atoms with Crippen LogP contribution >= 0.6 is 0 Å². The molecule has 0 radical (unpaired) electrons. The van der Waals surface area contributed by atoms with Gasteiger partial charge >= 0.3 is 5.97 Å². The molecule has 30 heavy (non-hydrogen) atoms. The molecular formula is C24H24FNO4. The molecular weight excluding hydrogens is 385 g/mol. The zero-order chi connectivity index (χ0) is 21.7. The van der Waals surface area contributed by atoms with Crippen molar-refractivity contribution in [1.29, 1.82) is 0 Å². The Morgan fingerprint density at radius 3 is 2.50 bits per heavy atom. The maximum atomic E-state index is 13.5. The van der Waals surface area contributed by atoms with Gasteiger partial charge in [-0.05, 0) is 30.2 Å². The van der Waals surface area contributed by atoms with Gasteiger partial charge in [-0.2, -0.15) is 0 Å². The number of aromatic nitrogens is 1. The molecule has 3 aromatic rings. The normalized spacial score (nSPS) is 13.6. The van der Waals surface area contributed by atoms with E-state index in [-0.39, 0.29) is 12.2 Å². The minimum absolute atomic E-state index is 0.0862. The second-order valence-corrected chi connectivity index (χ2v) is 7.14. The molecule has 0 aliphatic rings. The van der Waals surface area contributed by atoms with Crippen LogP contribution in [0.4, 0.5) is 4.39 Å². The van der Waals surface area contributed by atoms with E-state index in [1.165, 1.54) is 18.2 Å². The Morgan fingerprint density at radius 2 is 1.83 bits per heavy atom. The highest BCUT2D eigenvalue weighted by Crippen LogP contribution is 2.34. The largest absolute Gasteiger partial charge is 0.481 e. The molecule has 2 unspecified atom stereocenters. The number of aliphatic hydroxyl groups is 2. The van der Waals surface area contributed by atoms with E-state index in [1.54, 1.807) is 18.2 Å². The zero-order valence-corrected chi connectivity index (χ0v) is 16.6. The fourth-order valence-corrected chi connectivity index (χ4v) is 3.50. The van der Waals surface area contributed by atoms with Crippen molar-refractivity contribution in [3.05, 3.63) is 71.7 Å². The minimum Gasteiger partial charge on any atom is -0.481 e. The van der Waals surface area contributed by atoms with Gasteiger partial charge < -0.3 is 15.3 Å². The lowest BCUT2D eigenvalue weighted by Gasteiger charge is -2.16. The second-order valence-electron chi connectivity index (χ2n) is 7.14. The lowest BCUT2D eigenvalue weighted by Crippen LogP contribution is -2.19. The van der Waals surface area contributed by atoms with E-state index in [2.05, 4.69) is 0 Å². The van der Waals surface area contributed by atoms with Crippen molar-refractivity contribution in [1.82, 2.24) is 4.98 Å². The molecule has 1 heterocycles. The Kier molecular flexibility index (Phi) is 6.92. The van der Waals surface area contributed by atoms with E-state index in [0.29, 0.717) is 6.42 Å². The van der Waals surface area contributed by atoms with Gasteiger partial charge in [0.1, 0.15) is 5.82 Å². The molecule has 3 rings (SSSR count). The number of carboxylic acids is 1. The van der Waals surface area contributed by atoms with Gasteiger partial charge in [-0.3, -0.25) is 9.78 Å². The van der Waals surface area contributed by atoms with Crippen LogP contribution in [0.25, 0.3) is 28.1 Å². The molecule has 0 aliphatic heterocycles. The van der Waals surface area contributed by atoms with Crippen LogP contribution in [0.15, 0.2) is 54.6 Å². The van der Waals surface area contributed by atoms with Gasteiger partial charge in [0, 0.05) is 28.6 Å². The molecule has 2 atom stereocenters. The van der Waals surface area contributed by atoms with Gasteiger partial charge in [0.15, 0.2) is 0 Å². The van der Waals surface area contributed by atoms with Crippen LogP contribution in [0.5, 0.6) is 0 Å². The third-order valence-electron chi connectivity index (χ3n) is 4.89. The van der Waals surface area contributed by atoms with E-state index < -0.39 is 24.6 Å². The average Bonchev–Trinajstić information content (AvgIpc) is 2.71. The predicted molar refractivity (Wildman–Crippen MR) is 114 cm³/mol. The number of aryl methyl sites for hydroxylation is 1.